The van der Waals surface area contributed by atoms with Crippen LogP contribution in [0.25, 0.3) is 0 Å². The molecule has 0 spiro atoms. The number of carboxylic acid groups (broad SMARTS) is 1. The molecule has 1 N–H and O–H groups in total. The average Bonchev–Trinajstić information content (AvgIpc) is 3.16. The first-order chi connectivity index (χ1) is 9.58. The van der Waals surface area contributed by atoms with Gasteiger partial charge in [-0.05, 0) is 30.9 Å². The summed E-state index contributed by atoms with van der Waals surface area (Å²) in [6.45, 7) is 0. The van der Waals surface area contributed by atoms with Crippen molar-refractivity contribution in [3.63, 3.8) is 0 Å². The number of carboxylic acids is 1. The third kappa shape index (κ3) is 2.50. The Morgan fingerprint density at radius 1 is 1.40 bits per heavy atom. The zero-order valence-corrected chi connectivity index (χ0v) is 12.1. The molecular weight excluding hydrogens is 300 g/mol. The number of aromatic nitrogens is 1. The second-order valence-corrected chi connectivity index (χ2v) is 6.51. The fourth-order valence-electron chi connectivity index (χ4n) is 2.38. The fraction of sp³-hybridized carbons (Fsp3) is 0.462. The highest BCUT2D eigenvalue weighted by molar-refractivity contribution is 8.00. The van der Waals surface area contributed by atoms with Crippen LogP contribution >= 0.6 is 23.4 Å². The molecule has 1 saturated heterocycles. The number of hydrogen-bond donors (Lipinski definition) is 1. The molecule has 1 amide bonds. The molecule has 0 aromatic carbocycles. The Balaban J connectivity index is 1.90. The van der Waals surface area contributed by atoms with Crippen molar-refractivity contribution in [1.29, 1.82) is 0 Å². The normalized spacial score (nSPS) is 25.8. The maximum atomic E-state index is 12.6. The Morgan fingerprint density at radius 2 is 2.15 bits per heavy atom. The molecule has 3 rings (SSSR count). The summed E-state index contributed by atoms with van der Waals surface area (Å²) in [5.41, 5.74) is 0.205. The summed E-state index contributed by atoms with van der Waals surface area (Å²) in [7, 11) is 0. The van der Waals surface area contributed by atoms with Crippen LogP contribution in [0.2, 0.25) is 5.15 Å². The van der Waals surface area contributed by atoms with Crippen molar-refractivity contribution in [1.82, 2.24) is 9.88 Å². The second kappa shape index (κ2) is 5.26. The van der Waals surface area contributed by atoms with Crippen LogP contribution in [0.3, 0.4) is 0 Å². The summed E-state index contributed by atoms with van der Waals surface area (Å²) in [5, 5.41) is 9.48. The van der Waals surface area contributed by atoms with Crippen molar-refractivity contribution >= 4 is 35.2 Å². The van der Waals surface area contributed by atoms with Crippen LogP contribution in [-0.2, 0) is 4.79 Å². The Bertz CT molecular complexity index is 564. The van der Waals surface area contributed by atoms with Gasteiger partial charge in [-0.15, -0.1) is 11.8 Å². The van der Waals surface area contributed by atoms with Gasteiger partial charge in [0.1, 0.15) is 16.9 Å². The van der Waals surface area contributed by atoms with Gasteiger partial charge < -0.3 is 10.0 Å². The van der Waals surface area contributed by atoms with Crippen molar-refractivity contribution in [3.8, 4) is 0 Å². The quantitative estimate of drug-likeness (QED) is 0.866. The van der Waals surface area contributed by atoms with E-state index < -0.39 is 12.0 Å². The summed E-state index contributed by atoms with van der Waals surface area (Å²) in [5.74, 6) is -0.465. The van der Waals surface area contributed by atoms with Crippen molar-refractivity contribution in [2.24, 2.45) is 5.92 Å². The van der Waals surface area contributed by atoms with E-state index in [0.717, 1.165) is 12.8 Å². The van der Waals surface area contributed by atoms with Gasteiger partial charge in [-0.3, -0.25) is 4.79 Å². The summed E-state index contributed by atoms with van der Waals surface area (Å²) in [6.07, 6.45) is 2.10. The van der Waals surface area contributed by atoms with Crippen LogP contribution in [0.1, 0.15) is 23.3 Å². The van der Waals surface area contributed by atoms with Gasteiger partial charge in [0.25, 0.3) is 5.91 Å². The highest BCUT2D eigenvalue weighted by Gasteiger charge is 2.48. The van der Waals surface area contributed by atoms with Crippen LogP contribution in [0.4, 0.5) is 0 Å². The van der Waals surface area contributed by atoms with E-state index >= 15 is 0 Å². The molecule has 1 aliphatic carbocycles. The summed E-state index contributed by atoms with van der Waals surface area (Å²) >= 11 is 7.35. The molecule has 1 aromatic rings. The molecule has 1 aromatic heterocycles. The minimum atomic E-state index is -0.962. The van der Waals surface area contributed by atoms with E-state index in [1.165, 1.54) is 4.90 Å². The Morgan fingerprint density at radius 3 is 2.75 bits per heavy atom. The maximum absolute atomic E-state index is 12.6. The number of pyridine rings is 1. The molecule has 2 atom stereocenters. The molecule has 2 heterocycles. The Labute approximate surface area is 125 Å². The molecule has 0 bridgehead atoms. The smallest absolute Gasteiger partial charge is 0.327 e. The molecule has 2 unspecified atom stereocenters. The maximum Gasteiger partial charge on any atom is 0.327 e. The van der Waals surface area contributed by atoms with E-state index in [0.29, 0.717) is 11.7 Å². The van der Waals surface area contributed by atoms with Gasteiger partial charge in [0.2, 0.25) is 0 Å². The third-order valence-electron chi connectivity index (χ3n) is 3.51. The first-order valence-corrected chi connectivity index (χ1v) is 7.80. The van der Waals surface area contributed by atoms with E-state index in [9.17, 15) is 14.7 Å². The van der Waals surface area contributed by atoms with Gasteiger partial charge in [-0.1, -0.05) is 17.7 Å². The van der Waals surface area contributed by atoms with Crippen LogP contribution in [0.15, 0.2) is 18.2 Å². The number of aliphatic carboxylic acids is 1. The molecule has 20 heavy (non-hydrogen) atoms. The van der Waals surface area contributed by atoms with Crippen LogP contribution < -0.4 is 0 Å². The van der Waals surface area contributed by atoms with E-state index in [-0.39, 0.29) is 22.1 Å². The van der Waals surface area contributed by atoms with Gasteiger partial charge in [0, 0.05) is 5.75 Å². The number of halogens is 1. The predicted octanol–water partition coefficient (Wildman–Crippen LogP) is 2.11. The van der Waals surface area contributed by atoms with Crippen molar-refractivity contribution in [2.45, 2.75) is 24.3 Å². The number of amides is 1. The zero-order valence-electron chi connectivity index (χ0n) is 10.5. The molecule has 1 aliphatic heterocycles. The van der Waals surface area contributed by atoms with E-state index in [2.05, 4.69) is 4.98 Å². The molecule has 106 valence electrons. The highest BCUT2D eigenvalue weighted by atomic mass is 35.5. The summed E-state index contributed by atoms with van der Waals surface area (Å²) in [4.78, 5) is 29.4. The van der Waals surface area contributed by atoms with Crippen LogP contribution in [0, 0.1) is 5.92 Å². The van der Waals surface area contributed by atoms with Gasteiger partial charge in [-0.2, -0.15) is 0 Å². The predicted molar refractivity (Wildman–Crippen MR) is 75.8 cm³/mol. The molecule has 1 saturated carbocycles. The lowest BCUT2D eigenvalue weighted by Crippen LogP contribution is -2.46. The van der Waals surface area contributed by atoms with Crippen molar-refractivity contribution in [3.05, 3.63) is 29.0 Å². The lowest BCUT2D eigenvalue weighted by atomic mass is 10.2. The lowest BCUT2D eigenvalue weighted by Gasteiger charge is -2.27. The minimum absolute atomic E-state index is 0.0515. The van der Waals surface area contributed by atoms with E-state index in [4.69, 9.17) is 11.6 Å². The van der Waals surface area contributed by atoms with Crippen molar-refractivity contribution in [2.75, 3.05) is 5.75 Å². The molecule has 2 aliphatic rings. The molecule has 7 heteroatoms. The van der Waals surface area contributed by atoms with Crippen LogP contribution in [-0.4, -0.2) is 44.0 Å². The van der Waals surface area contributed by atoms with Crippen molar-refractivity contribution < 1.29 is 14.7 Å². The Kier molecular flexibility index (Phi) is 3.60. The number of carbonyl (C=O) groups is 2. The topological polar surface area (TPSA) is 70.5 Å². The monoisotopic (exact) mass is 312 g/mol. The van der Waals surface area contributed by atoms with E-state index in [1.807, 2.05) is 0 Å². The summed E-state index contributed by atoms with van der Waals surface area (Å²) in [6, 6.07) is 4.02. The van der Waals surface area contributed by atoms with Crippen LogP contribution in [0.5, 0.6) is 0 Å². The average molecular weight is 313 g/mol. The first-order valence-electron chi connectivity index (χ1n) is 6.37. The molecule has 2 fully saturated rings. The molecular formula is C13H13ClN2O3S. The SMILES string of the molecule is O=C(O)C1CSC(C2CC2)N1C(=O)c1cccc(Cl)n1. The highest BCUT2D eigenvalue weighted by Crippen LogP contribution is 2.45. The fourth-order valence-corrected chi connectivity index (χ4v) is 4.17. The Hall–Kier alpha value is -1.27. The zero-order chi connectivity index (χ0) is 14.3. The minimum Gasteiger partial charge on any atom is -0.480 e. The van der Waals surface area contributed by atoms with E-state index in [1.54, 1.807) is 30.0 Å². The third-order valence-corrected chi connectivity index (χ3v) is 5.19. The largest absolute Gasteiger partial charge is 0.480 e. The van der Waals surface area contributed by atoms with Gasteiger partial charge >= 0.3 is 5.97 Å². The first kappa shape index (κ1) is 13.7. The number of nitrogens with zero attached hydrogens (tertiary/aromatic N) is 2. The molecule has 0 radical (unpaired) electrons. The van der Waals surface area contributed by atoms with Gasteiger partial charge in [0.05, 0.1) is 5.37 Å². The number of hydrogen-bond acceptors (Lipinski definition) is 4. The standard InChI is InChI=1S/C13H13ClN2O3S/c14-10-3-1-2-8(15-10)11(17)16-9(13(18)19)6-20-12(16)7-4-5-7/h1-3,7,9,12H,4-6H2,(H,18,19). The number of thioether (sulfide) groups is 1. The van der Waals surface area contributed by atoms with Gasteiger partial charge in [0.15, 0.2) is 0 Å². The number of rotatable bonds is 3. The lowest BCUT2D eigenvalue weighted by molar-refractivity contribution is -0.141. The van der Waals surface area contributed by atoms with Gasteiger partial charge in [-0.25, -0.2) is 9.78 Å². The number of carbonyl (C=O) groups excluding carboxylic acids is 1. The second-order valence-electron chi connectivity index (χ2n) is 4.97. The molecule has 5 nitrogen and oxygen atoms in total. The summed E-state index contributed by atoms with van der Waals surface area (Å²) < 4.78 is 0.